The predicted molar refractivity (Wildman–Crippen MR) is 65.1 cm³/mol. The molecule has 94 valence electrons. The van der Waals surface area contributed by atoms with Gasteiger partial charge in [0.25, 0.3) is 5.92 Å². The Kier molecular flexibility index (Phi) is 3.48. The van der Waals surface area contributed by atoms with Gasteiger partial charge < -0.3 is 5.73 Å². The lowest BCUT2D eigenvalue weighted by Gasteiger charge is -2.17. The van der Waals surface area contributed by atoms with E-state index in [-0.39, 0.29) is 5.56 Å². The third-order valence-electron chi connectivity index (χ3n) is 3.55. The summed E-state index contributed by atoms with van der Waals surface area (Å²) in [5, 5.41) is 0. The molecule has 1 aliphatic rings. The number of rotatable bonds is 5. The van der Waals surface area contributed by atoms with Gasteiger partial charge in [0.2, 0.25) is 0 Å². The molecule has 0 radical (unpaired) electrons. The maximum atomic E-state index is 13.8. The molecule has 1 aromatic rings. The zero-order valence-corrected chi connectivity index (χ0v) is 10.1. The molecule has 1 nitrogen and oxygen atoms in total. The van der Waals surface area contributed by atoms with E-state index in [1.54, 1.807) is 12.1 Å². The molecule has 0 spiro atoms. The van der Waals surface area contributed by atoms with E-state index >= 15 is 0 Å². The highest BCUT2D eigenvalue weighted by Gasteiger charge is 2.47. The van der Waals surface area contributed by atoms with Crippen molar-refractivity contribution in [2.75, 3.05) is 6.54 Å². The van der Waals surface area contributed by atoms with Gasteiger partial charge in [-0.1, -0.05) is 31.2 Å². The minimum Gasteiger partial charge on any atom is -0.330 e. The average molecular weight is 239 g/mol. The van der Waals surface area contributed by atoms with Gasteiger partial charge in [-0.05, 0) is 37.3 Å². The Labute approximate surface area is 101 Å². The summed E-state index contributed by atoms with van der Waals surface area (Å²) in [6.07, 6.45) is 2.19. The van der Waals surface area contributed by atoms with Crippen molar-refractivity contribution < 1.29 is 8.78 Å². The molecular weight excluding hydrogens is 220 g/mol. The summed E-state index contributed by atoms with van der Waals surface area (Å²) in [6, 6.07) is 6.76. The average Bonchev–Trinajstić information content (AvgIpc) is 3.13. The topological polar surface area (TPSA) is 26.0 Å². The lowest BCUT2D eigenvalue weighted by atomic mass is 9.95. The summed E-state index contributed by atoms with van der Waals surface area (Å²) < 4.78 is 27.6. The third kappa shape index (κ3) is 2.65. The van der Waals surface area contributed by atoms with E-state index in [0.29, 0.717) is 25.3 Å². The molecule has 0 saturated heterocycles. The molecule has 17 heavy (non-hydrogen) atoms. The van der Waals surface area contributed by atoms with Crippen LogP contribution in [0.25, 0.3) is 0 Å². The second kappa shape index (κ2) is 4.73. The Morgan fingerprint density at radius 2 is 1.88 bits per heavy atom. The maximum absolute atomic E-state index is 13.8. The second-order valence-corrected chi connectivity index (χ2v) is 5.00. The van der Waals surface area contributed by atoms with Crippen LogP contribution in [-0.4, -0.2) is 6.54 Å². The van der Waals surface area contributed by atoms with E-state index < -0.39 is 11.8 Å². The SMILES string of the molecule is CC(CCN)c1ccc(C(F)(F)C2CC2)cc1. The van der Waals surface area contributed by atoms with E-state index in [0.717, 1.165) is 12.0 Å². The summed E-state index contributed by atoms with van der Waals surface area (Å²) in [7, 11) is 0. The van der Waals surface area contributed by atoms with Gasteiger partial charge in [-0.15, -0.1) is 0 Å². The van der Waals surface area contributed by atoms with Gasteiger partial charge in [-0.3, -0.25) is 0 Å². The summed E-state index contributed by atoms with van der Waals surface area (Å²) in [6.45, 7) is 2.70. The van der Waals surface area contributed by atoms with Gasteiger partial charge in [0.15, 0.2) is 0 Å². The summed E-state index contributed by atoms with van der Waals surface area (Å²) in [5.74, 6) is -2.74. The fraction of sp³-hybridized carbons (Fsp3) is 0.571. The van der Waals surface area contributed by atoms with Crippen molar-refractivity contribution in [2.24, 2.45) is 11.7 Å². The molecule has 0 aliphatic heterocycles. The Balaban J connectivity index is 2.12. The van der Waals surface area contributed by atoms with Crippen molar-refractivity contribution in [3.8, 4) is 0 Å². The number of hydrogen-bond donors (Lipinski definition) is 1. The molecule has 1 unspecified atom stereocenters. The van der Waals surface area contributed by atoms with E-state index in [1.807, 2.05) is 12.1 Å². The van der Waals surface area contributed by atoms with Crippen LogP contribution in [0.1, 0.15) is 43.2 Å². The van der Waals surface area contributed by atoms with Crippen molar-refractivity contribution in [3.05, 3.63) is 35.4 Å². The zero-order valence-electron chi connectivity index (χ0n) is 10.1. The summed E-state index contributed by atoms with van der Waals surface area (Å²) >= 11 is 0. The Morgan fingerprint density at radius 3 is 2.35 bits per heavy atom. The first-order valence-corrected chi connectivity index (χ1v) is 6.24. The highest BCUT2D eigenvalue weighted by molar-refractivity contribution is 5.29. The van der Waals surface area contributed by atoms with Gasteiger partial charge in [0.05, 0.1) is 0 Å². The van der Waals surface area contributed by atoms with Crippen molar-refractivity contribution in [2.45, 2.75) is 38.0 Å². The molecule has 0 amide bonds. The normalized spacial score (nSPS) is 18.1. The van der Waals surface area contributed by atoms with Gasteiger partial charge in [0.1, 0.15) is 0 Å². The molecule has 1 saturated carbocycles. The lowest BCUT2D eigenvalue weighted by Crippen LogP contribution is -2.16. The molecule has 1 atom stereocenters. The minimum absolute atomic E-state index is 0.156. The van der Waals surface area contributed by atoms with E-state index in [1.165, 1.54) is 0 Å². The van der Waals surface area contributed by atoms with E-state index in [9.17, 15) is 8.78 Å². The molecule has 2 rings (SSSR count). The molecule has 0 bridgehead atoms. The van der Waals surface area contributed by atoms with Crippen molar-refractivity contribution in [1.82, 2.24) is 0 Å². The van der Waals surface area contributed by atoms with Crippen molar-refractivity contribution >= 4 is 0 Å². The van der Waals surface area contributed by atoms with Crippen LogP contribution in [0.5, 0.6) is 0 Å². The van der Waals surface area contributed by atoms with Gasteiger partial charge in [0, 0.05) is 11.5 Å². The maximum Gasteiger partial charge on any atom is 0.276 e. The van der Waals surface area contributed by atoms with E-state index in [2.05, 4.69) is 6.92 Å². The first-order chi connectivity index (χ1) is 8.05. The Hall–Kier alpha value is -0.960. The predicted octanol–water partition coefficient (Wildman–Crippen LogP) is 3.64. The van der Waals surface area contributed by atoms with Gasteiger partial charge in [-0.25, -0.2) is 8.78 Å². The Bertz CT molecular complexity index is 368. The molecule has 0 aromatic heterocycles. The van der Waals surface area contributed by atoms with Crippen LogP contribution in [0.15, 0.2) is 24.3 Å². The van der Waals surface area contributed by atoms with Crippen LogP contribution >= 0.6 is 0 Å². The number of benzene rings is 1. The van der Waals surface area contributed by atoms with Crippen molar-refractivity contribution in [1.29, 1.82) is 0 Å². The molecule has 1 aromatic carbocycles. The first-order valence-electron chi connectivity index (χ1n) is 6.24. The molecule has 1 fully saturated rings. The number of hydrogen-bond acceptors (Lipinski definition) is 1. The van der Waals surface area contributed by atoms with Crippen LogP contribution in [-0.2, 0) is 5.92 Å². The lowest BCUT2D eigenvalue weighted by molar-refractivity contribution is -0.0285. The van der Waals surface area contributed by atoms with Crippen LogP contribution in [0.2, 0.25) is 0 Å². The van der Waals surface area contributed by atoms with Crippen LogP contribution in [0, 0.1) is 5.92 Å². The highest BCUT2D eigenvalue weighted by Crippen LogP contribution is 2.49. The molecule has 1 aliphatic carbocycles. The second-order valence-electron chi connectivity index (χ2n) is 5.00. The van der Waals surface area contributed by atoms with Crippen LogP contribution in [0.3, 0.4) is 0 Å². The highest BCUT2D eigenvalue weighted by atomic mass is 19.3. The standard InChI is InChI=1S/C14H19F2N/c1-10(8-9-17)11-2-4-12(5-3-11)14(15,16)13-6-7-13/h2-5,10,13H,6-9,17H2,1H3. The van der Waals surface area contributed by atoms with Crippen LogP contribution < -0.4 is 5.73 Å². The fourth-order valence-electron chi connectivity index (χ4n) is 2.13. The van der Waals surface area contributed by atoms with E-state index in [4.69, 9.17) is 5.73 Å². The van der Waals surface area contributed by atoms with Crippen molar-refractivity contribution in [3.63, 3.8) is 0 Å². The van der Waals surface area contributed by atoms with Crippen LogP contribution in [0.4, 0.5) is 8.78 Å². The largest absolute Gasteiger partial charge is 0.330 e. The first kappa shape index (κ1) is 12.5. The number of alkyl halides is 2. The molecule has 0 heterocycles. The number of halogens is 2. The zero-order chi connectivity index (χ0) is 12.5. The summed E-state index contributed by atoms with van der Waals surface area (Å²) in [4.78, 5) is 0. The summed E-state index contributed by atoms with van der Waals surface area (Å²) in [5.41, 5.74) is 6.74. The molecular formula is C14H19F2N. The number of nitrogens with two attached hydrogens (primary N) is 1. The smallest absolute Gasteiger partial charge is 0.276 e. The van der Waals surface area contributed by atoms with Gasteiger partial charge >= 0.3 is 0 Å². The van der Waals surface area contributed by atoms with Gasteiger partial charge in [-0.2, -0.15) is 0 Å². The third-order valence-corrected chi connectivity index (χ3v) is 3.55. The fourth-order valence-corrected chi connectivity index (χ4v) is 2.13. The Morgan fingerprint density at radius 1 is 1.29 bits per heavy atom. The molecule has 3 heteroatoms. The minimum atomic E-state index is -2.64. The monoisotopic (exact) mass is 239 g/mol. The quantitative estimate of drug-likeness (QED) is 0.834. The molecule has 2 N–H and O–H groups in total.